The van der Waals surface area contributed by atoms with Gasteiger partial charge in [-0.25, -0.2) is 4.79 Å². The van der Waals surface area contributed by atoms with Gasteiger partial charge in [-0.1, -0.05) is 43.2 Å². The number of carbonyl (C=O) groups excluding carboxylic acids is 1. The summed E-state index contributed by atoms with van der Waals surface area (Å²) in [6.07, 6.45) is 2.75. The van der Waals surface area contributed by atoms with E-state index in [2.05, 4.69) is 5.32 Å². The summed E-state index contributed by atoms with van der Waals surface area (Å²) >= 11 is 0. The average molecular weight is 249 g/mol. The number of hydrogen-bond acceptors (Lipinski definition) is 3. The summed E-state index contributed by atoms with van der Waals surface area (Å²) in [6, 6.07) is 9.37. The molecule has 2 unspecified atom stereocenters. The van der Waals surface area contributed by atoms with Crippen LogP contribution < -0.4 is 5.32 Å². The molecule has 1 aliphatic rings. The van der Waals surface area contributed by atoms with Gasteiger partial charge in [0.05, 0.1) is 12.1 Å². The Morgan fingerprint density at radius 3 is 2.72 bits per heavy atom. The van der Waals surface area contributed by atoms with Crippen molar-refractivity contribution < 1.29 is 14.6 Å². The molecule has 1 amide bonds. The minimum Gasteiger partial charge on any atom is -0.445 e. The first-order valence-electron chi connectivity index (χ1n) is 6.41. The fourth-order valence-corrected chi connectivity index (χ4v) is 2.20. The monoisotopic (exact) mass is 249 g/mol. The van der Waals surface area contributed by atoms with Crippen LogP contribution in [0.25, 0.3) is 0 Å². The topological polar surface area (TPSA) is 58.6 Å². The van der Waals surface area contributed by atoms with Crippen LogP contribution in [0.1, 0.15) is 31.2 Å². The van der Waals surface area contributed by atoms with Gasteiger partial charge in [-0.05, 0) is 18.4 Å². The predicted molar refractivity (Wildman–Crippen MR) is 68.0 cm³/mol. The van der Waals surface area contributed by atoms with E-state index in [1.165, 1.54) is 0 Å². The smallest absolute Gasteiger partial charge is 0.407 e. The highest BCUT2D eigenvalue weighted by Gasteiger charge is 2.24. The largest absolute Gasteiger partial charge is 0.445 e. The first-order valence-corrected chi connectivity index (χ1v) is 6.41. The van der Waals surface area contributed by atoms with E-state index in [9.17, 15) is 9.90 Å². The quantitative estimate of drug-likeness (QED) is 0.863. The number of hydrogen-bond donors (Lipinski definition) is 2. The molecule has 1 aromatic carbocycles. The van der Waals surface area contributed by atoms with Gasteiger partial charge in [0.15, 0.2) is 0 Å². The molecular weight excluding hydrogens is 230 g/mol. The lowest BCUT2D eigenvalue weighted by Gasteiger charge is -2.27. The zero-order valence-corrected chi connectivity index (χ0v) is 10.3. The maximum absolute atomic E-state index is 11.6. The Kier molecular flexibility index (Phi) is 4.59. The Hall–Kier alpha value is -1.55. The van der Waals surface area contributed by atoms with Gasteiger partial charge in [-0.2, -0.15) is 0 Å². The maximum Gasteiger partial charge on any atom is 0.407 e. The second-order valence-electron chi connectivity index (χ2n) is 4.66. The standard InChI is InChI=1S/C14H19NO3/c16-13-9-5-4-8-12(13)15-14(17)18-10-11-6-2-1-3-7-11/h1-3,6-7,12-13,16H,4-5,8-10H2,(H,15,17). The number of amides is 1. The van der Waals surface area contributed by atoms with Crippen LogP contribution in [0.5, 0.6) is 0 Å². The Labute approximate surface area is 107 Å². The maximum atomic E-state index is 11.6. The van der Waals surface area contributed by atoms with E-state index in [1.807, 2.05) is 30.3 Å². The average Bonchev–Trinajstić information content (AvgIpc) is 2.40. The van der Waals surface area contributed by atoms with E-state index in [4.69, 9.17) is 4.74 Å². The molecule has 98 valence electrons. The summed E-state index contributed by atoms with van der Waals surface area (Å²) in [5, 5.41) is 12.5. The van der Waals surface area contributed by atoms with Crippen molar-refractivity contribution in [1.82, 2.24) is 5.32 Å². The van der Waals surface area contributed by atoms with E-state index in [0.29, 0.717) is 0 Å². The predicted octanol–water partition coefficient (Wildman–Crippen LogP) is 2.22. The molecular formula is C14H19NO3. The molecule has 2 N–H and O–H groups in total. The van der Waals surface area contributed by atoms with Gasteiger partial charge in [0.25, 0.3) is 0 Å². The molecule has 2 rings (SSSR count). The van der Waals surface area contributed by atoms with Crippen LogP contribution >= 0.6 is 0 Å². The third-order valence-corrected chi connectivity index (χ3v) is 3.25. The van der Waals surface area contributed by atoms with Crippen LogP contribution in [0.4, 0.5) is 4.79 Å². The van der Waals surface area contributed by atoms with E-state index >= 15 is 0 Å². The Morgan fingerprint density at radius 2 is 2.00 bits per heavy atom. The Bertz CT molecular complexity index is 380. The van der Waals surface area contributed by atoms with Crippen LogP contribution in [0, 0.1) is 0 Å². The highest BCUT2D eigenvalue weighted by Crippen LogP contribution is 2.18. The third-order valence-electron chi connectivity index (χ3n) is 3.25. The molecule has 1 aromatic rings. The lowest BCUT2D eigenvalue weighted by atomic mass is 9.93. The minimum atomic E-state index is -0.454. The Morgan fingerprint density at radius 1 is 1.28 bits per heavy atom. The van der Waals surface area contributed by atoms with E-state index < -0.39 is 12.2 Å². The van der Waals surface area contributed by atoms with Gasteiger partial charge in [0.1, 0.15) is 6.61 Å². The first-order chi connectivity index (χ1) is 8.75. The fraction of sp³-hybridized carbons (Fsp3) is 0.500. The van der Waals surface area contributed by atoms with Crippen molar-refractivity contribution in [1.29, 1.82) is 0 Å². The van der Waals surface area contributed by atoms with Crippen LogP contribution in [-0.2, 0) is 11.3 Å². The molecule has 0 spiro atoms. The molecule has 18 heavy (non-hydrogen) atoms. The molecule has 0 aromatic heterocycles. The molecule has 0 radical (unpaired) electrons. The number of benzene rings is 1. The number of ether oxygens (including phenoxy) is 1. The lowest BCUT2D eigenvalue weighted by Crippen LogP contribution is -2.45. The Balaban J connectivity index is 1.75. The van der Waals surface area contributed by atoms with Crippen molar-refractivity contribution in [3.63, 3.8) is 0 Å². The van der Waals surface area contributed by atoms with Gasteiger partial charge in [0.2, 0.25) is 0 Å². The number of nitrogens with one attached hydrogen (secondary N) is 1. The lowest BCUT2D eigenvalue weighted by molar-refractivity contribution is 0.0781. The van der Waals surface area contributed by atoms with Crippen molar-refractivity contribution in [2.24, 2.45) is 0 Å². The van der Waals surface area contributed by atoms with E-state index in [1.54, 1.807) is 0 Å². The normalized spacial score (nSPS) is 23.4. The number of aliphatic hydroxyl groups is 1. The van der Waals surface area contributed by atoms with Gasteiger partial charge in [0, 0.05) is 0 Å². The van der Waals surface area contributed by atoms with Gasteiger partial charge >= 0.3 is 6.09 Å². The van der Waals surface area contributed by atoms with Gasteiger partial charge in [-0.3, -0.25) is 0 Å². The van der Waals surface area contributed by atoms with E-state index in [0.717, 1.165) is 31.2 Å². The highest BCUT2D eigenvalue weighted by atomic mass is 16.5. The number of aliphatic hydroxyl groups excluding tert-OH is 1. The number of rotatable bonds is 3. The van der Waals surface area contributed by atoms with Crippen molar-refractivity contribution in [3.05, 3.63) is 35.9 Å². The summed E-state index contributed by atoms with van der Waals surface area (Å²) in [7, 11) is 0. The van der Waals surface area contributed by atoms with Crippen molar-refractivity contribution in [2.75, 3.05) is 0 Å². The summed E-state index contributed by atoms with van der Waals surface area (Å²) in [5.74, 6) is 0. The van der Waals surface area contributed by atoms with E-state index in [-0.39, 0.29) is 12.6 Å². The van der Waals surface area contributed by atoms with Crippen molar-refractivity contribution in [3.8, 4) is 0 Å². The summed E-state index contributed by atoms with van der Waals surface area (Å²) in [6.45, 7) is 0.259. The zero-order valence-electron chi connectivity index (χ0n) is 10.3. The molecule has 0 heterocycles. The van der Waals surface area contributed by atoms with Gasteiger partial charge in [-0.15, -0.1) is 0 Å². The summed E-state index contributed by atoms with van der Waals surface area (Å²) < 4.78 is 5.12. The van der Waals surface area contributed by atoms with Gasteiger partial charge < -0.3 is 15.2 Å². The van der Waals surface area contributed by atoms with Crippen LogP contribution in [0.3, 0.4) is 0 Å². The molecule has 1 fully saturated rings. The summed E-state index contributed by atoms with van der Waals surface area (Å²) in [4.78, 5) is 11.6. The fourth-order valence-electron chi connectivity index (χ4n) is 2.20. The molecule has 1 aliphatic carbocycles. The second-order valence-corrected chi connectivity index (χ2v) is 4.66. The molecule has 4 heteroatoms. The summed E-state index contributed by atoms with van der Waals surface area (Å²) in [5.41, 5.74) is 0.955. The molecule has 0 saturated heterocycles. The molecule has 1 saturated carbocycles. The molecule has 4 nitrogen and oxygen atoms in total. The third kappa shape index (κ3) is 3.74. The second kappa shape index (κ2) is 6.40. The SMILES string of the molecule is O=C(NC1CCCCC1O)OCc1ccccc1. The minimum absolute atomic E-state index is 0.165. The van der Waals surface area contributed by atoms with Crippen molar-refractivity contribution >= 4 is 6.09 Å². The number of alkyl carbamates (subject to hydrolysis) is 1. The highest BCUT2D eigenvalue weighted by molar-refractivity contribution is 5.67. The van der Waals surface area contributed by atoms with Crippen LogP contribution in [0.15, 0.2) is 30.3 Å². The molecule has 2 atom stereocenters. The molecule has 0 bridgehead atoms. The van der Waals surface area contributed by atoms with Crippen LogP contribution in [0.2, 0.25) is 0 Å². The zero-order chi connectivity index (χ0) is 12.8. The number of carbonyl (C=O) groups is 1. The molecule has 0 aliphatic heterocycles. The first kappa shape index (κ1) is 12.9. The van der Waals surface area contributed by atoms with Crippen LogP contribution in [-0.4, -0.2) is 23.3 Å². The van der Waals surface area contributed by atoms with Crippen molar-refractivity contribution in [2.45, 2.75) is 44.4 Å².